The fraction of sp³-hybridized carbons (Fsp3) is 0.375. The number of anilines is 2. The van der Waals surface area contributed by atoms with Crippen LogP contribution in [-0.2, 0) is 22.6 Å². The predicted molar refractivity (Wildman–Crippen MR) is 154 cm³/mol. The molecule has 0 spiro atoms. The smallest absolute Gasteiger partial charge is 0.305 e. The second-order valence-corrected chi connectivity index (χ2v) is 11.1. The van der Waals surface area contributed by atoms with Crippen LogP contribution in [0.2, 0.25) is 0 Å². The molecule has 0 amide bonds. The molecule has 1 atom stereocenters. The lowest BCUT2D eigenvalue weighted by Gasteiger charge is -2.40. The summed E-state index contributed by atoms with van der Waals surface area (Å²) in [5.41, 5.74) is 0.550. The van der Waals surface area contributed by atoms with E-state index in [-0.39, 0.29) is 56.9 Å². The average molecular weight is 614 g/mol. The van der Waals surface area contributed by atoms with E-state index in [0.717, 1.165) is 11.6 Å². The molecule has 44 heavy (non-hydrogen) atoms. The van der Waals surface area contributed by atoms with Crippen LogP contribution in [0.3, 0.4) is 0 Å². The molecule has 2 aliphatic rings. The van der Waals surface area contributed by atoms with E-state index in [1.807, 2.05) is 12.1 Å². The first-order chi connectivity index (χ1) is 21.1. The van der Waals surface area contributed by atoms with E-state index in [2.05, 4.69) is 4.99 Å². The maximum Gasteiger partial charge on any atom is 0.305 e. The van der Waals surface area contributed by atoms with Gasteiger partial charge in [-0.3, -0.25) is 4.79 Å². The van der Waals surface area contributed by atoms with Gasteiger partial charge in [-0.25, -0.2) is 22.4 Å². The molecule has 0 saturated carbocycles. The second-order valence-electron chi connectivity index (χ2n) is 11.1. The van der Waals surface area contributed by atoms with Crippen molar-refractivity contribution in [3.8, 4) is 11.5 Å². The topological polar surface area (TPSA) is 91.7 Å². The summed E-state index contributed by atoms with van der Waals surface area (Å²) in [5, 5.41) is 9.57. The number of aliphatic carboxylic acids is 1. The summed E-state index contributed by atoms with van der Waals surface area (Å²) in [7, 11) is 1.55. The largest absolute Gasteiger partial charge is 0.497 e. The molecule has 0 radical (unpaired) electrons. The first-order valence-electron chi connectivity index (χ1n) is 14.2. The number of carboxylic acids is 1. The molecular formula is C32H31F4N3O5. The molecule has 5 rings (SSSR count). The number of hydrogen-bond donors (Lipinski definition) is 1. The summed E-state index contributed by atoms with van der Waals surface area (Å²) in [5.74, 6) is -3.82. The first kappa shape index (κ1) is 30.9. The molecule has 0 aliphatic carbocycles. The molecule has 232 valence electrons. The minimum Gasteiger partial charge on any atom is -0.497 e. The normalized spacial score (nSPS) is 17.4. The van der Waals surface area contributed by atoms with Gasteiger partial charge in [-0.15, -0.1) is 0 Å². The van der Waals surface area contributed by atoms with Crippen molar-refractivity contribution in [3.63, 3.8) is 0 Å². The first-order valence-corrected chi connectivity index (χ1v) is 14.2. The number of carbonyl (C=O) groups is 1. The number of halogens is 4. The summed E-state index contributed by atoms with van der Waals surface area (Å²) in [6.07, 6.45) is 2.70. The van der Waals surface area contributed by atoms with Crippen LogP contribution in [0.4, 0.5) is 28.9 Å². The Hall–Kier alpha value is -4.57. The quantitative estimate of drug-likeness (QED) is 0.134. The molecule has 8 nitrogen and oxygen atoms in total. The van der Waals surface area contributed by atoms with Crippen LogP contribution in [0.1, 0.15) is 36.8 Å². The fourth-order valence-corrected chi connectivity index (χ4v) is 5.99. The number of isocyanates is 1. The van der Waals surface area contributed by atoms with Gasteiger partial charge >= 0.3 is 5.97 Å². The van der Waals surface area contributed by atoms with E-state index in [9.17, 15) is 27.9 Å². The number of benzene rings is 3. The summed E-state index contributed by atoms with van der Waals surface area (Å²) < 4.78 is 68.5. The molecule has 0 bridgehead atoms. The third-order valence-corrected chi connectivity index (χ3v) is 8.37. The third-order valence-electron chi connectivity index (χ3n) is 8.37. The highest BCUT2D eigenvalue weighted by atomic mass is 19.2. The molecule has 2 heterocycles. The number of nitrogens with zero attached hydrogens (tertiary/aromatic N) is 3. The summed E-state index contributed by atoms with van der Waals surface area (Å²) >= 11 is 0. The lowest BCUT2D eigenvalue weighted by molar-refractivity contribution is -0.137. The number of hydrogen-bond acceptors (Lipinski definition) is 7. The number of piperidine rings is 1. The Kier molecular flexibility index (Phi) is 9.10. The number of rotatable bonds is 10. The van der Waals surface area contributed by atoms with Gasteiger partial charge in [-0.05, 0) is 55.5 Å². The highest BCUT2D eigenvalue weighted by Crippen LogP contribution is 2.41. The van der Waals surface area contributed by atoms with Gasteiger partial charge in [0.15, 0.2) is 11.6 Å². The molecule has 1 N–H and O–H groups in total. The Morgan fingerprint density at radius 1 is 1.02 bits per heavy atom. The van der Waals surface area contributed by atoms with Gasteiger partial charge < -0.3 is 24.4 Å². The van der Waals surface area contributed by atoms with Crippen molar-refractivity contribution in [1.29, 1.82) is 0 Å². The van der Waals surface area contributed by atoms with Gasteiger partial charge in [-0.2, -0.15) is 4.99 Å². The van der Waals surface area contributed by atoms with Crippen LogP contribution < -0.4 is 19.3 Å². The average Bonchev–Trinajstić information content (AvgIpc) is 3.00. The molecule has 0 aromatic heterocycles. The van der Waals surface area contributed by atoms with Crippen LogP contribution in [0.15, 0.2) is 53.5 Å². The maximum absolute atomic E-state index is 15.5. The number of carbonyl (C=O) groups excluding carboxylic acids is 1. The lowest BCUT2D eigenvalue weighted by Crippen LogP contribution is -2.47. The van der Waals surface area contributed by atoms with Gasteiger partial charge in [0.2, 0.25) is 6.08 Å². The monoisotopic (exact) mass is 613 g/mol. The highest BCUT2D eigenvalue weighted by Gasteiger charge is 2.38. The van der Waals surface area contributed by atoms with Crippen molar-refractivity contribution < 1.29 is 41.7 Å². The van der Waals surface area contributed by atoms with E-state index in [0.29, 0.717) is 36.0 Å². The van der Waals surface area contributed by atoms with Gasteiger partial charge in [0, 0.05) is 43.4 Å². The Balaban J connectivity index is 1.38. The van der Waals surface area contributed by atoms with Crippen molar-refractivity contribution in [2.24, 2.45) is 4.99 Å². The van der Waals surface area contributed by atoms with Crippen LogP contribution in [0.5, 0.6) is 11.5 Å². The molecule has 3 aromatic carbocycles. The standard InChI is InChI=1S/C32H31F4N3O5/c1-43-22-5-2-20(3-6-22)17-39-21(14-30(41)42)4-7-23-29(9-8-24(33)31(23)39)44-18-32(37-19-40)10-12-38(13-11-32)28-16-26(35)25(34)15-27(28)36/h2-3,5-6,8-9,15-16,21H,4,7,10-14,17-18H2,1H3,(H,41,42). The molecule has 12 heteroatoms. The highest BCUT2D eigenvalue weighted by molar-refractivity contribution is 5.70. The molecule has 1 unspecified atom stereocenters. The molecule has 2 aliphatic heterocycles. The SMILES string of the molecule is COc1ccc(CN2c3c(F)ccc(OCC4(N=C=O)CCN(c5cc(F)c(F)cc5F)CC4)c3CCC2CC(=O)O)cc1. The van der Waals surface area contributed by atoms with E-state index < -0.39 is 40.8 Å². The number of aliphatic imine (C=N–C) groups is 1. The second kappa shape index (κ2) is 13.0. The summed E-state index contributed by atoms with van der Waals surface area (Å²) in [6, 6.07) is 10.8. The number of methoxy groups -OCH3 is 1. The molecule has 3 aromatic rings. The van der Waals surface area contributed by atoms with Crippen LogP contribution in [-0.4, -0.2) is 55.5 Å². The van der Waals surface area contributed by atoms with E-state index in [4.69, 9.17) is 9.47 Å². The van der Waals surface area contributed by atoms with Crippen molar-refractivity contribution in [2.75, 3.05) is 36.6 Å². The zero-order valence-electron chi connectivity index (χ0n) is 24.0. The Morgan fingerprint density at radius 2 is 1.73 bits per heavy atom. The Bertz CT molecular complexity index is 1570. The van der Waals surface area contributed by atoms with Gasteiger partial charge in [0.25, 0.3) is 0 Å². The number of ether oxygens (including phenoxy) is 2. The van der Waals surface area contributed by atoms with E-state index >= 15 is 4.39 Å². The van der Waals surface area contributed by atoms with Crippen LogP contribution >= 0.6 is 0 Å². The number of fused-ring (bicyclic) bond motifs is 1. The van der Waals surface area contributed by atoms with Crippen LogP contribution in [0, 0.1) is 23.3 Å². The predicted octanol–water partition coefficient (Wildman–Crippen LogP) is 5.80. The molecular weight excluding hydrogens is 582 g/mol. The van der Waals surface area contributed by atoms with Gasteiger partial charge in [0.1, 0.15) is 35.3 Å². The zero-order valence-corrected chi connectivity index (χ0v) is 24.0. The van der Waals surface area contributed by atoms with Gasteiger partial charge in [0.05, 0.1) is 24.9 Å². The lowest BCUT2D eigenvalue weighted by atomic mass is 9.88. The minimum atomic E-state index is -1.28. The molecule has 1 saturated heterocycles. The van der Waals surface area contributed by atoms with E-state index in [1.165, 1.54) is 12.1 Å². The van der Waals surface area contributed by atoms with Crippen LogP contribution in [0.25, 0.3) is 0 Å². The third kappa shape index (κ3) is 6.50. The van der Waals surface area contributed by atoms with Crippen molar-refractivity contribution in [3.05, 3.63) is 82.9 Å². The summed E-state index contributed by atoms with van der Waals surface area (Å²) in [6.45, 7) is 0.561. The maximum atomic E-state index is 15.5. The van der Waals surface area contributed by atoms with Crippen molar-refractivity contribution >= 4 is 23.4 Å². The molecule has 1 fully saturated rings. The van der Waals surface area contributed by atoms with E-state index in [1.54, 1.807) is 35.1 Å². The number of carboxylic acid groups (broad SMARTS) is 1. The van der Waals surface area contributed by atoms with Crippen molar-refractivity contribution in [2.45, 2.75) is 50.2 Å². The summed E-state index contributed by atoms with van der Waals surface area (Å²) in [4.78, 5) is 30.4. The minimum absolute atomic E-state index is 0.0640. The zero-order chi connectivity index (χ0) is 31.4. The Labute approximate surface area is 251 Å². The van der Waals surface area contributed by atoms with Gasteiger partial charge in [-0.1, -0.05) is 12.1 Å². The fourth-order valence-electron chi connectivity index (χ4n) is 5.99. The van der Waals surface area contributed by atoms with Crippen molar-refractivity contribution in [1.82, 2.24) is 0 Å². The Morgan fingerprint density at radius 3 is 2.39 bits per heavy atom.